The fourth-order valence-corrected chi connectivity index (χ4v) is 1.94. The van der Waals surface area contributed by atoms with Crippen LogP contribution in [0.25, 0.3) is 0 Å². The van der Waals surface area contributed by atoms with Crippen molar-refractivity contribution in [2.45, 2.75) is 19.4 Å². The third kappa shape index (κ3) is 7.20. The Hall–Kier alpha value is -1.18. The van der Waals surface area contributed by atoms with E-state index < -0.39 is 11.7 Å². The van der Waals surface area contributed by atoms with Crippen LogP contribution in [0, 0.1) is 5.82 Å². The van der Waals surface area contributed by atoms with Gasteiger partial charge in [-0.25, -0.2) is 4.39 Å². The van der Waals surface area contributed by atoms with Crippen molar-refractivity contribution in [3.63, 3.8) is 0 Å². The Morgan fingerprint density at radius 3 is 2.64 bits per heavy atom. The fraction of sp³-hybridized carbons (Fsp3) is 0.429. The molecule has 0 aromatic heterocycles. The van der Waals surface area contributed by atoms with Crippen LogP contribution in [0.5, 0.6) is 0 Å². The summed E-state index contributed by atoms with van der Waals surface area (Å²) in [6.07, 6.45) is 0.176. The van der Waals surface area contributed by atoms with Gasteiger partial charge in [0.05, 0.1) is 5.56 Å². The van der Waals surface area contributed by atoms with E-state index in [1.807, 2.05) is 14.0 Å². The Bertz CT molecular complexity index is 517. The van der Waals surface area contributed by atoms with Gasteiger partial charge in [0.25, 0.3) is 5.91 Å². The quantitative estimate of drug-likeness (QED) is 0.659. The summed E-state index contributed by atoms with van der Waals surface area (Å²) in [5.41, 5.74) is 0.208. The second-order valence-corrected chi connectivity index (χ2v) is 5.48. The van der Waals surface area contributed by atoms with Crippen molar-refractivity contribution >= 4 is 40.2 Å². The highest BCUT2D eigenvalue weighted by atomic mass is 79.9. The molecular weight excluding hydrogens is 377 g/mol. The molecule has 22 heavy (non-hydrogen) atoms. The van der Waals surface area contributed by atoms with Gasteiger partial charge in [-0.15, -0.1) is 12.4 Å². The molecule has 124 valence electrons. The molecule has 0 aliphatic carbocycles. The minimum Gasteiger partial charge on any atom is -0.354 e. The molecule has 0 fully saturated rings. The predicted octanol–water partition coefficient (Wildman–Crippen LogP) is 1.85. The predicted molar refractivity (Wildman–Crippen MR) is 89.8 cm³/mol. The van der Waals surface area contributed by atoms with Crippen molar-refractivity contribution in [3.8, 4) is 0 Å². The first-order valence-corrected chi connectivity index (χ1v) is 7.40. The molecule has 1 atom stereocenters. The second-order valence-electron chi connectivity index (χ2n) is 4.62. The van der Waals surface area contributed by atoms with Crippen molar-refractivity contribution in [2.75, 3.05) is 20.1 Å². The van der Waals surface area contributed by atoms with Gasteiger partial charge in [-0.1, -0.05) is 0 Å². The zero-order valence-corrected chi connectivity index (χ0v) is 14.8. The lowest BCUT2D eigenvalue weighted by Gasteiger charge is -2.11. The minimum absolute atomic E-state index is 0. The lowest BCUT2D eigenvalue weighted by atomic mass is 10.2. The molecule has 1 aromatic carbocycles. The molecule has 0 spiro atoms. The van der Waals surface area contributed by atoms with E-state index in [0.717, 1.165) is 6.07 Å². The molecule has 5 nitrogen and oxygen atoms in total. The van der Waals surface area contributed by atoms with Gasteiger partial charge in [0.1, 0.15) is 5.82 Å². The smallest absolute Gasteiger partial charge is 0.252 e. The number of rotatable bonds is 7. The van der Waals surface area contributed by atoms with E-state index in [9.17, 15) is 14.0 Å². The first-order chi connectivity index (χ1) is 9.93. The molecule has 3 N–H and O–H groups in total. The van der Waals surface area contributed by atoms with E-state index in [1.165, 1.54) is 12.1 Å². The summed E-state index contributed by atoms with van der Waals surface area (Å²) < 4.78 is 13.6. The molecule has 0 saturated carbocycles. The monoisotopic (exact) mass is 395 g/mol. The summed E-state index contributed by atoms with van der Waals surface area (Å²) in [7, 11) is 1.81. The van der Waals surface area contributed by atoms with Crippen molar-refractivity contribution < 1.29 is 14.0 Å². The highest BCUT2D eigenvalue weighted by molar-refractivity contribution is 9.10. The lowest BCUT2D eigenvalue weighted by molar-refractivity contribution is -0.121. The summed E-state index contributed by atoms with van der Waals surface area (Å²) in [6, 6.07) is 4.06. The maximum atomic E-state index is 13.1. The molecule has 8 heteroatoms. The first-order valence-electron chi connectivity index (χ1n) is 6.61. The maximum Gasteiger partial charge on any atom is 0.252 e. The van der Waals surface area contributed by atoms with Crippen LogP contribution in [0.4, 0.5) is 4.39 Å². The fourth-order valence-electron chi connectivity index (χ4n) is 1.51. The lowest BCUT2D eigenvalue weighted by Crippen LogP contribution is -2.38. The van der Waals surface area contributed by atoms with E-state index in [-0.39, 0.29) is 42.9 Å². The molecule has 0 saturated heterocycles. The summed E-state index contributed by atoms with van der Waals surface area (Å²) in [6.45, 7) is 2.67. The standard InChI is InChI=1S/C14H19BrFN3O2.ClH/c1-9(17-2)8-19-13(20)5-6-18-14(21)11-7-10(16)3-4-12(11)15;/h3-4,7,9,17H,5-6,8H2,1-2H3,(H,18,21)(H,19,20);1H. The highest BCUT2D eigenvalue weighted by Crippen LogP contribution is 2.17. The van der Waals surface area contributed by atoms with E-state index in [4.69, 9.17) is 0 Å². The number of amides is 2. The van der Waals surface area contributed by atoms with Gasteiger partial charge in [-0.2, -0.15) is 0 Å². The van der Waals surface area contributed by atoms with Crippen LogP contribution in [-0.2, 0) is 4.79 Å². The molecule has 1 rings (SSSR count). The normalized spacial score (nSPS) is 11.3. The molecule has 0 aliphatic heterocycles. The van der Waals surface area contributed by atoms with Crippen molar-refractivity contribution in [2.24, 2.45) is 0 Å². The summed E-state index contributed by atoms with van der Waals surface area (Å²) >= 11 is 3.19. The third-order valence-corrected chi connectivity index (χ3v) is 3.60. The number of hydrogen-bond donors (Lipinski definition) is 3. The van der Waals surface area contributed by atoms with Crippen LogP contribution in [0.3, 0.4) is 0 Å². The molecule has 0 radical (unpaired) electrons. The average Bonchev–Trinajstić information content (AvgIpc) is 2.47. The summed E-state index contributed by atoms with van der Waals surface area (Å²) in [5, 5.41) is 8.34. The molecule has 0 bridgehead atoms. The van der Waals surface area contributed by atoms with E-state index >= 15 is 0 Å². The zero-order valence-electron chi connectivity index (χ0n) is 12.4. The van der Waals surface area contributed by atoms with Gasteiger partial charge >= 0.3 is 0 Å². The molecule has 1 unspecified atom stereocenters. The van der Waals surface area contributed by atoms with Crippen LogP contribution in [0.1, 0.15) is 23.7 Å². The number of nitrogens with one attached hydrogen (secondary N) is 3. The van der Waals surface area contributed by atoms with E-state index in [2.05, 4.69) is 31.9 Å². The number of hydrogen-bond acceptors (Lipinski definition) is 3. The van der Waals surface area contributed by atoms with E-state index in [1.54, 1.807) is 0 Å². The number of likely N-dealkylation sites (N-methyl/N-ethyl adjacent to an activating group) is 1. The van der Waals surface area contributed by atoms with Crippen LogP contribution in [0.2, 0.25) is 0 Å². The Kier molecular flexibility index (Phi) is 9.97. The highest BCUT2D eigenvalue weighted by Gasteiger charge is 2.11. The number of carbonyl (C=O) groups excluding carboxylic acids is 2. The molecule has 1 aromatic rings. The summed E-state index contributed by atoms with van der Waals surface area (Å²) in [5.74, 6) is -1.05. The second kappa shape index (κ2) is 10.5. The minimum atomic E-state index is -0.484. The topological polar surface area (TPSA) is 70.2 Å². The number of halogens is 3. The van der Waals surface area contributed by atoms with Crippen LogP contribution in [-0.4, -0.2) is 38.0 Å². The maximum absolute atomic E-state index is 13.1. The van der Waals surface area contributed by atoms with Crippen molar-refractivity contribution in [1.82, 2.24) is 16.0 Å². The number of benzene rings is 1. The molecule has 0 heterocycles. The Morgan fingerprint density at radius 1 is 1.32 bits per heavy atom. The first kappa shape index (κ1) is 20.8. The van der Waals surface area contributed by atoms with Gasteiger partial charge in [-0.3, -0.25) is 9.59 Å². The van der Waals surface area contributed by atoms with Gasteiger partial charge in [0, 0.05) is 30.0 Å². The Labute approximate surface area is 144 Å². The largest absolute Gasteiger partial charge is 0.354 e. The van der Waals surface area contributed by atoms with Crippen LogP contribution < -0.4 is 16.0 Å². The molecule has 2 amide bonds. The van der Waals surface area contributed by atoms with Gasteiger partial charge in [0.15, 0.2) is 0 Å². The molecular formula is C14H20BrClFN3O2. The van der Waals surface area contributed by atoms with Gasteiger partial charge in [0.2, 0.25) is 5.91 Å². The Balaban J connectivity index is 0.00000441. The average molecular weight is 397 g/mol. The number of carbonyl (C=O) groups is 2. The third-order valence-electron chi connectivity index (χ3n) is 2.91. The van der Waals surface area contributed by atoms with E-state index in [0.29, 0.717) is 11.0 Å². The zero-order chi connectivity index (χ0) is 15.8. The van der Waals surface area contributed by atoms with Crippen molar-refractivity contribution in [1.29, 1.82) is 0 Å². The van der Waals surface area contributed by atoms with Crippen LogP contribution in [0.15, 0.2) is 22.7 Å². The molecule has 0 aliphatic rings. The van der Waals surface area contributed by atoms with Gasteiger partial charge in [-0.05, 0) is 48.1 Å². The van der Waals surface area contributed by atoms with Gasteiger partial charge < -0.3 is 16.0 Å². The van der Waals surface area contributed by atoms with Crippen molar-refractivity contribution in [3.05, 3.63) is 34.1 Å². The summed E-state index contributed by atoms with van der Waals surface area (Å²) in [4.78, 5) is 23.4. The SMILES string of the molecule is CNC(C)CNC(=O)CCNC(=O)c1cc(F)ccc1Br.Cl. The Morgan fingerprint density at radius 2 is 2.00 bits per heavy atom. The van der Waals surface area contributed by atoms with Crippen LogP contribution >= 0.6 is 28.3 Å².